The van der Waals surface area contributed by atoms with Gasteiger partial charge in [-0.05, 0) is 42.6 Å². The average Bonchev–Trinajstić information content (AvgIpc) is 3.26. The van der Waals surface area contributed by atoms with Crippen LogP contribution in [-0.4, -0.2) is 33.3 Å². The van der Waals surface area contributed by atoms with Crippen LogP contribution in [0.25, 0.3) is 0 Å². The summed E-state index contributed by atoms with van der Waals surface area (Å²) in [7, 11) is 0. The number of nitrogens with zero attached hydrogens (tertiary/aromatic N) is 3. The van der Waals surface area contributed by atoms with E-state index in [1.54, 1.807) is 29.0 Å². The highest BCUT2D eigenvalue weighted by Crippen LogP contribution is 2.15. The lowest BCUT2D eigenvalue weighted by Crippen LogP contribution is -2.32. The van der Waals surface area contributed by atoms with E-state index < -0.39 is 0 Å². The molecule has 1 aromatic carbocycles. The number of piperidine rings is 1. The van der Waals surface area contributed by atoms with Gasteiger partial charge in [0.25, 0.3) is 11.5 Å². The molecule has 1 aliphatic rings. The summed E-state index contributed by atoms with van der Waals surface area (Å²) in [6, 6.07) is 15.1. The standard InChI is InChI=1S/C22H25N5O2/c28-21-5-1-2-12-26(21)16-18-8-6-17(7-9-18)14-24-22(29)20-10-13-27(25-20)19-4-3-11-23-15-19/h1-2,5-10,12-13,19,23H,3-4,11,14-16H2,(H,24,29). The number of hydrogen-bond acceptors (Lipinski definition) is 4. The number of amides is 1. The molecule has 0 spiro atoms. The zero-order chi connectivity index (χ0) is 20.1. The number of rotatable bonds is 6. The number of hydrogen-bond donors (Lipinski definition) is 2. The Labute approximate surface area is 169 Å². The monoisotopic (exact) mass is 391 g/mol. The molecule has 1 unspecified atom stereocenters. The van der Waals surface area contributed by atoms with E-state index in [2.05, 4.69) is 15.7 Å². The van der Waals surface area contributed by atoms with Crippen molar-refractivity contribution in [1.29, 1.82) is 0 Å². The first-order valence-electron chi connectivity index (χ1n) is 9.96. The molecule has 1 aliphatic heterocycles. The fourth-order valence-corrected chi connectivity index (χ4v) is 3.55. The second kappa shape index (κ2) is 8.87. The van der Waals surface area contributed by atoms with E-state index in [0.29, 0.717) is 24.8 Å². The summed E-state index contributed by atoms with van der Waals surface area (Å²) in [6.45, 7) is 2.90. The third kappa shape index (κ3) is 4.81. The Hall–Kier alpha value is -3.19. The second-order valence-electron chi connectivity index (χ2n) is 7.35. The normalized spacial score (nSPS) is 16.5. The summed E-state index contributed by atoms with van der Waals surface area (Å²) >= 11 is 0. The van der Waals surface area contributed by atoms with E-state index in [4.69, 9.17) is 0 Å². The molecule has 1 atom stereocenters. The molecule has 0 bridgehead atoms. The van der Waals surface area contributed by atoms with Crippen LogP contribution in [0.1, 0.15) is 40.5 Å². The van der Waals surface area contributed by atoms with Gasteiger partial charge in [-0.2, -0.15) is 5.10 Å². The fraction of sp³-hybridized carbons (Fsp3) is 0.318. The fourth-order valence-electron chi connectivity index (χ4n) is 3.55. The van der Waals surface area contributed by atoms with Crippen LogP contribution in [0, 0.1) is 0 Å². The molecular weight excluding hydrogens is 366 g/mol. The van der Waals surface area contributed by atoms with E-state index in [-0.39, 0.29) is 11.5 Å². The van der Waals surface area contributed by atoms with Gasteiger partial charge in [-0.3, -0.25) is 14.3 Å². The minimum Gasteiger partial charge on any atom is -0.347 e. The van der Waals surface area contributed by atoms with Crippen molar-refractivity contribution < 1.29 is 4.79 Å². The summed E-state index contributed by atoms with van der Waals surface area (Å²) in [6.07, 6.45) is 5.87. The minimum absolute atomic E-state index is 0.0210. The van der Waals surface area contributed by atoms with Gasteiger partial charge in [0.1, 0.15) is 5.69 Å². The maximum Gasteiger partial charge on any atom is 0.272 e. The summed E-state index contributed by atoms with van der Waals surface area (Å²) in [5.41, 5.74) is 2.45. The smallest absolute Gasteiger partial charge is 0.272 e. The number of carbonyl (C=O) groups excluding carboxylic acids is 1. The molecule has 4 rings (SSSR count). The molecule has 1 amide bonds. The summed E-state index contributed by atoms with van der Waals surface area (Å²) in [4.78, 5) is 24.2. The lowest BCUT2D eigenvalue weighted by atomic mass is 10.1. The average molecular weight is 391 g/mol. The highest BCUT2D eigenvalue weighted by Gasteiger charge is 2.17. The van der Waals surface area contributed by atoms with Crippen LogP contribution in [0.15, 0.2) is 65.7 Å². The zero-order valence-corrected chi connectivity index (χ0v) is 16.3. The highest BCUT2D eigenvalue weighted by atomic mass is 16.2. The first-order valence-corrected chi connectivity index (χ1v) is 9.96. The van der Waals surface area contributed by atoms with Gasteiger partial charge in [-0.25, -0.2) is 0 Å². The summed E-state index contributed by atoms with van der Waals surface area (Å²) < 4.78 is 3.55. The predicted octanol–water partition coefficient (Wildman–Crippen LogP) is 1.95. The van der Waals surface area contributed by atoms with E-state index >= 15 is 0 Å². The Morgan fingerprint density at radius 3 is 2.69 bits per heavy atom. The first-order chi connectivity index (χ1) is 14.2. The third-order valence-electron chi connectivity index (χ3n) is 5.21. The van der Waals surface area contributed by atoms with Crippen molar-refractivity contribution in [2.45, 2.75) is 32.0 Å². The lowest BCUT2D eigenvalue weighted by Gasteiger charge is -2.22. The van der Waals surface area contributed by atoms with Crippen LogP contribution >= 0.6 is 0 Å². The molecule has 3 heterocycles. The number of nitrogens with one attached hydrogen (secondary N) is 2. The molecule has 7 heteroatoms. The van der Waals surface area contributed by atoms with Crippen molar-refractivity contribution in [2.75, 3.05) is 13.1 Å². The Morgan fingerprint density at radius 2 is 1.93 bits per heavy atom. The van der Waals surface area contributed by atoms with Crippen molar-refractivity contribution in [2.24, 2.45) is 0 Å². The van der Waals surface area contributed by atoms with Crippen LogP contribution < -0.4 is 16.2 Å². The SMILES string of the molecule is O=C(NCc1ccc(Cn2ccccc2=O)cc1)c1ccn(C2CCCNC2)n1. The largest absolute Gasteiger partial charge is 0.347 e. The molecule has 150 valence electrons. The van der Waals surface area contributed by atoms with E-state index in [9.17, 15) is 9.59 Å². The molecule has 3 aromatic rings. The Balaban J connectivity index is 1.32. The lowest BCUT2D eigenvalue weighted by molar-refractivity contribution is 0.0944. The predicted molar refractivity (Wildman–Crippen MR) is 111 cm³/mol. The molecule has 1 fully saturated rings. The number of carbonyl (C=O) groups is 1. The van der Waals surface area contributed by atoms with Crippen molar-refractivity contribution in [1.82, 2.24) is 25.0 Å². The topological polar surface area (TPSA) is 81.0 Å². The number of pyridine rings is 1. The van der Waals surface area contributed by atoms with E-state index in [1.807, 2.05) is 41.2 Å². The van der Waals surface area contributed by atoms with E-state index in [1.165, 1.54) is 0 Å². The summed E-state index contributed by atoms with van der Waals surface area (Å²) in [5, 5.41) is 10.7. The van der Waals surface area contributed by atoms with Crippen molar-refractivity contribution in [3.05, 3.63) is 88.1 Å². The van der Waals surface area contributed by atoms with Crippen molar-refractivity contribution in [3.63, 3.8) is 0 Å². The van der Waals surface area contributed by atoms with Crippen LogP contribution in [0.3, 0.4) is 0 Å². The maximum absolute atomic E-state index is 12.4. The highest BCUT2D eigenvalue weighted by molar-refractivity contribution is 5.92. The van der Waals surface area contributed by atoms with Gasteiger partial charge in [0, 0.05) is 31.5 Å². The molecule has 0 radical (unpaired) electrons. The van der Waals surface area contributed by atoms with Crippen LogP contribution in [0.4, 0.5) is 0 Å². The third-order valence-corrected chi connectivity index (χ3v) is 5.21. The second-order valence-corrected chi connectivity index (χ2v) is 7.35. The van der Waals surface area contributed by atoms with Gasteiger partial charge >= 0.3 is 0 Å². The zero-order valence-electron chi connectivity index (χ0n) is 16.3. The van der Waals surface area contributed by atoms with Crippen molar-refractivity contribution >= 4 is 5.91 Å². The molecular formula is C22H25N5O2. The Morgan fingerprint density at radius 1 is 1.10 bits per heavy atom. The number of aromatic nitrogens is 3. The minimum atomic E-state index is -0.174. The summed E-state index contributed by atoms with van der Waals surface area (Å²) in [5.74, 6) is -0.174. The Kier molecular flexibility index (Phi) is 5.86. The maximum atomic E-state index is 12.4. The van der Waals surface area contributed by atoms with Crippen molar-refractivity contribution in [3.8, 4) is 0 Å². The Bertz CT molecular complexity index is 1020. The first kappa shape index (κ1) is 19.1. The van der Waals surface area contributed by atoms with Crippen LogP contribution in [0.2, 0.25) is 0 Å². The van der Waals surface area contributed by atoms with Gasteiger partial charge < -0.3 is 15.2 Å². The molecule has 29 heavy (non-hydrogen) atoms. The molecule has 0 saturated carbocycles. The van der Waals surface area contributed by atoms with E-state index in [0.717, 1.165) is 37.1 Å². The molecule has 2 aromatic heterocycles. The van der Waals surface area contributed by atoms with Gasteiger partial charge in [0.2, 0.25) is 0 Å². The van der Waals surface area contributed by atoms with Gasteiger partial charge in [-0.1, -0.05) is 30.3 Å². The number of benzene rings is 1. The van der Waals surface area contributed by atoms with Crippen LogP contribution in [0.5, 0.6) is 0 Å². The van der Waals surface area contributed by atoms with Gasteiger partial charge in [0.05, 0.1) is 12.6 Å². The molecule has 7 nitrogen and oxygen atoms in total. The molecule has 2 N–H and O–H groups in total. The van der Waals surface area contributed by atoms with Gasteiger partial charge in [0.15, 0.2) is 0 Å². The molecule has 1 saturated heterocycles. The van der Waals surface area contributed by atoms with Gasteiger partial charge in [-0.15, -0.1) is 0 Å². The van der Waals surface area contributed by atoms with Crippen LogP contribution in [-0.2, 0) is 13.1 Å². The molecule has 0 aliphatic carbocycles. The quantitative estimate of drug-likeness (QED) is 0.673.